The van der Waals surface area contributed by atoms with Gasteiger partial charge in [-0.1, -0.05) is 0 Å². The molecule has 6 heteroatoms. The molecule has 2 rings (SSSR count). The fourth-order valence-electron chi connectivity index (χ4n) is 1.56. The molecule has 96 valence electrons. The molecule has 1 aromatic carbocycles. The first kappa shape index (κ1) is 12.5. The van der Waals surface area contributed by atoms with Gasteiger partial charge in [-0.05, 0) is 19.1 Å². The second-order valence-electron chi connectivity index (χ2n) is 3.59. The molecular formula is C12H12F2N2O2. The molecule has 0 bridgehead atoms. The fraction of sp³-hybridized carbons (Fsp3) is 0.250. The highest BCUT2D eigenvalue weighted by Gasteiger charge is 2.17. The predicted molar refractivity (Wildman–Crippen MR) is 61.0 cm³/mol. The van der Waals surface area contributed by atoms with Crippen molar-refractivity contribution in [3.05, 3.63) is 35.7 Å². The van der Waals surface area contributed by atoms with E-state index < -0.39 is 11.6 Å². The number of aromatic amines is 1. The summed E-state index contributed by atoms with van der Waals surface area (Å²) in [5.41, 5.74) is 0.425. The Bertz CT molecular complexity index is 555. The van der Waals surface area contributed by atoms with Crippen molar-refractivity contribution in [2.24, 2.45) is 0 Å². The van der Waals surface area contributed by atoms with E-state index in [1.807, 2.05) is 0 Å². The van der Waals surface area contributed by atoms with Crippen LogP contribution in [0.2, 0.25) is 0 Å². The monoisotopic (exact) mass is 254 g/mol. The summed E-state index contributed by atoms with van der Waals surface area (Å²) in [4.78, 5) is 6.56. The maximum atomic E-state index is 13.8. The van der Waals surface area contributed by atoms with E-state index in [-0.39, 0.29) is 30.4 Å². The third-order valence-corrected chi connectivity index (χ3v) is 2.40. The third-order valence-electron chi connectivity index (χ3n) is 2.40. The second kappa shape index (κ2) is 5.14. The van der Waals surface area contributed by atoms with Crippen molar-refractivity contribution in [3.8, 4) is 17.1 Å². The van der Waals surface area contributed by atoms with Crippen LogP contribution in [0.4, 0.5) is 8.78 Å². The number of benzene rings is 1. The SMILES string of the molecule is CCOc1ccc(-c2ncc(CO)[nH]2)c(F)c1F. The van der Waals surface area contributed by atoms with E-state index >= 15 is 0 Å². The van der Waals surface area contributed by atoms with E-state index in [0.717, 1.165) is 0 Å². The molecule has 0 atom stereocenters. The van der Waals surface area contributed by atoms with Crippen molar-refractivity contribution in [2.45, 2.75) is 13.5 Å². The van der Waals surface area contributed by atoms with Gasteiger partial charge in [0.15, 0.2) is 11.6 Å². The Kier molecular flexibility index (Phi) is 3.57. The summed E-state index contributed by atoms with van der Waals surface area (Å²) < 4.78 is 32.4. The molecule has 0 amide bonds. The number of hydrogen-bond acceptors (Lipinski definition) is 3. The first-order valence-corrected chi connectivity index (χ1v) is 5.43. The van der Waals surface area contributed by atoms with E-state index in [4.69, 9.17) is 9.84 Å². The average molecular weight is 254 g/mol. The minimum absolute atomic E-state index is 0.00402. The van der Waals surface area contributed by atoms with Crippen LogP contribution in [0.15, 0.2) is 18.3 Å². The Hall–Kier alpha value is -1.95. The van der Waals surface area contributed by atoms with Crippen molar-refractivity contribution in [2.75, 3.05) is 6.61 Å². The Labute approximate surface area is 102 Å². The molecule has 0 spiro atoms. The van der Waals surface area contributed by atoms with Gasteiger partial charge >= 0.3 is 0 Å². The van der Waals surface area contributed by atoms with E-state index in [9.17, 15) is 8.78 Å². The zero-order valence-electron chi connectivity index (χ0n) is 9.70. The number of aromatic nitrogens is 2. The van der Waals surface area contributed by atoms with Gasteiger partial charge in [0.2, 0.25) is 5.82 Å². The minimum atomic E-state index is -1.05. The van der Waals surface area contributed by atoms with Gasteiger partial charge < -0.3 is 14.8 Å². The lowest BCUT2D eigenvalue weighted by Crippen LogP contribution is -1.99. The number of nitrogens with one attached hydrogen (secondary N) is 1. The molecule has 0 radical (unpaired) electrons. The van der Waals surface area contributed by atoms with E-state index in [2.05, 4.69) is 9.97 Å². The van der Waals surface area contributed by atoms with E-state index in [0.29, 0.717) is 5.69 Å². The molecule has 0 fully saturated rings. The number of nitrogens with zero attached hydrogens (tertiary/aromatic N) is 1. The number of H-pyrrole nitrogens is 1. The van der Waals surface area contributed by atoms with Crippen molar-refractivity contribution in [1.29, 1.82) is 0 Å². The van der Waals surface area contributed by atoms with Crippen LogP contribution in [0.25, 0.3) is 11.4 Å². The summed E-state index contributed by atoms with van der Waals surface area (Å²) in [6.45, 7) is 1.70. The van der Waals surface area contributed by atoms with Gasteiger partial charge in [-0.2, -0.15) is 4.39 Å². The molecule has 0 aliphatic heterocycles. The van der Waals surface area contributed by atoms with Crippen LogP contribution in [-0.2, 0) is 6.61 Å². The maximum absolute atomic E-state index is 13.8. The van der Waals surface area contributed by atoms with E-state index in [1.165, 1.54) is 18.3 Å². The van der Waals surface area contributed by atoms with Crippen molar-refractivity contribution < 1.29 is 18.6 Å². The Morgan fingerprint density at radius 2 is 2.11 bits per heavy atom. The molecule has 2 aromatic rings. The number of aliphatic hydroxyl groups is 1. The van der Waals surface area contributed by atoms with Gasteiger partial charge in [0.05, 0.1) is 30.7 Å². The molecular weight excluding hydrogens is 242 g/mol. The molecule has 1 heterocycles. The number of imidazole rings is 1. The summed E-state index contributed by atoms with van der Waals surface area (Å²) in [5, 5.41) is 8.88. The average Bonchev–Trinajstić information content (AvgIpc) is 2.84. The molecule has 2 N–H and O–H groups in total. The standard InChI is InChI=1S/C12H12F2N2O2/c1-2-18-9-4-3-8(10(13)11(9)14)12-15-5-7(6-17)16-12/h3-5,17H,2,6H2,1H3,(H,15,16). The lowest BCUT2D eigenvalue weighted by atomic mass is 10.2. The van der Waals surface area contributed by atoms with Crippen LogP contribution in [-0.4, -0.2) is 21.7 Å². The first-order chi connectivity index (χ1) is 8.67. The van der Waals surface area contributed by atoms with Gasteiger partial charge in [-0.3, -0.25) is 0 Å². The normalized spacial score (nSPS) is 10.7. The number of ether oxygens (including phenoxy) is 1. The zero-order chi connectivity index (χ0) is 13.1. The molecule has 0 saturated heterocycles. The summed E-state index contributed by atoms with van der Waals surface area (Å²) >= 11 is 0. The molecule has 0 saturated carbocycles. The second-order valence-corrected chi connectivity index (χ2v) is 3.59. The molecule has 0 aliphatic carbocycles. The van der Waals surface area contributed by atoms with Gasteiger partial charge in [-0.15, -0.1) is 0 Å². The number of rotatable bonds is 4. The topological polar surface area (TPSA) is 58.1 Å². The lowest BCUT2D eigenvalue weighted by Gasteiger charge is -2.07. The smallest absolute Gasteiger partial charge is 0.201 e. The maximum Gasteiger partial charge on any atom is 0.201 e. The molecule has 18 heavy (non-hydrogen) atoms. The van der Waals surface area contributed by atoms with Crippen LogP contribution in [0.1, 0.15) is 12.6 Å². The quantitative estimate of drug-likeness (QED) is 0.879. The minimum Gasteiger partial charge on any atom is -0.491 e. The largest absolute Gasteiger partial charge is 0.491 e. The van der Waals surface area contributed by atoms with Gasteiger partial charge in [0.1, 0.15) is 5.82 Å². The van der Waals surface area contributed by atoms with Crippen LogP contribution >= 0.6 is 0 Å². The number of hydrogen-bond donors (Lipinski definition) is 2. The van der Waals surface area contributed by atoms with Gasteiger partial charge in [-0.25, -0.2) is 9.37 Å². The lowest BCUT2D eigenvalue weighted by molar-refractivity contribution is 0.277. The summed E-state index contributed by atoms with van der Waals surface area (Å²) in [6.07, 6.45) is 1.36. The highest BCUT2D eigenvalue weighted by atomic mass is 19.2. The van der Waals surface area contributed by atoms with Crippen LogP contribution in [0.5, 0.6) is 5.75 Å². The van der Waals surface area contributed by atoms with Gasteiger partial charge in [0.25, 0.3) is 0 Å². The van der Waals surface area contributed by atoms with Crippen molar-refractivity contribution in [1.82, 2.24) is 9.97 Å². The van der Waals surface area contributed by atoms with Crippen LogP contribution in [0.3, 0.4) is 0 Å². The Morgan fingerprint density at radius 3 is 2.72 bits per heavy atom. The third kappa shape index (κ3) is 2.19. The summed E-state index contributed by atoms with van der Waals surface area (Å²) in [6, 6.07) is 2.72. The van der Waals surface area contributed by atoms with Crippen molar-refractivity contribution in [3.63, 3.8) is 0 Å². The van der Waals surface area contributed by atoms with Crippen molar-refractivity contribution >= 4 is 0 Å². The molecule has 0 unspecified atom stereocenters. The Balaban J connectivity index is 2.43. The fourth-order valence-corrected chi connectivity index (χ4v) is 1.56. The predicted octanol–water partition coefficient (Wildman–Crippen LogP) is 2.25. The summed E-state index contributed by atoms with van der Waals surface area (Å²) in [7, 11) is 0. The number of aliphatic hydroxyl groups excluding tert-OH is 1. The molecule has 0 aliphatic rings. The highest BCUT2D eigenvalue weighted by molar-refractivity contribution is 5.58. The summed E-state index contributed by atoms with van der Waals surface area (Å²) in [5.74, 6) is -2.04. The van der Waals surface area contributed by atoms with Gasteiger partial charge in [0, 0.05) is 0 Å². The first-order valence-electron chi connectivity index (χ1n) is 5.43. The van der Waals surface area contributed by atoms with Crippen LogP contribution < -0.4 is 4.74 Å². The van der Waals surface area contributed by atoms with Crippen LogP contribution in [0, 0.1) is 11.6 Å². The molecule has 1 aromatic heterocycles. The zero-order valence-corrected chi connectivity index (χ0v) is 9.70. The van der Waals surface area contributed by atoms with E-state index in [1.54, 1.807) is 6.92 Å². The number of halogens is 2. The highest BCUT2D eigenvalue weighted by Crippen LogP contribution is 2.28. The Morgan fingerprint density at radius 1 is 1.33 bits per heavy atom. The molecule has 4 nitrogen and oxygen atoms in total.